The van der Waals surface area contributed by atoms with E-state index in [9.17, 15) is 0 Å². The van der Waals surface area contributed by atoms with Crippen LogP contribution in [0.15, 0.2) is 0 Å². The van der Waals surface area contributed by atoms with Crippen molar-refractivity contribution in [2.45, 2.75) is 40.5 Å². The topological polar surface area (TPSA) is 20.2 Å². The standard InChI is InChI=1S/C9H20O/c1-5-9(4,7-10)6-8(2)3/h8,10H,5-7H2,1-4H3. The Morgan fingerprint density at radius 3 is 2.00 bits per heavy atom. The molecule has 0 heterocycles. The van der Waals surface area contributed by atoms with Crippen LogP contribution in [0.1, 0.15) is 40.5 Å². The van der Waals surface area contributed by atoms with E-state index >= 15 is 0 Å². The maximum Gasteiger partial charge on any atom is 0.0484 e. The van der Waals surface area contributed by atoms with Crippen LogP contribution in [0.5, 0.6) is 0 Å². The van der Waals surface area contributed by atoms with Crippen LogP contribution in [0, 0.1) is 11.3 Å². The molecule has 0 aliphatic carbocycles. The SMILES string of the molecule is CCC(C)(CO)CC(C)C. The van der Waals surface area contributed by atoms with Crippen LogP contribution in [0.3, 0.4) is 0 Å². The summed E-state index contributed by atoms with van der Waals surface area (Å²) in [4.78, 5) is 0. The molecule has 62 valence electrons. The Bertz CT molecular complexity index is 82.7. The fourth-order valence-electron chi connectivity index (χ4n) is 1.31. The Labute approximate surface area is 64.5 Å². The minimum atomic E-state index is 0.161. The van der Waals surface area contributed by atoms with Gasteiger partial charge < -0.3 is 5.11 Å². The van der Waals surface area contributed by atoms with Crippen LogP contribution >= 0.6 is 0 Å². The van der Waals surface area contributed by atoms with E-state index in [1.807, 2.05) is 0 Å². The Morgan fingerprint density at radius 2 is 1.90 bits per heavy atom. The second-order valence-electron chi connectivity index (χ2n) is 3.92. The predicted octanol–water partition coefficient (Wildman–Crippen LogP) is 2.44. The Balaban J connectivity index is 3.80. The molecule has 10 heavy (non-hydrogen) atoms. The molecule has 0 fully saturated rings. The number of hydrogen-bond acceptors (Lipinski definition) is 1. The van der Waals surface area contributed by atoms with Gasteiger partial charge in [0.25, 0.3) is 0 Å². The molecule has 0 rings (SSSR count). The molecular formula is C9H20O. The van der Waals surface area contributed by atoms with Crippen molar-refractivity contribution in [3.63, 3.8) is 0 Å². The Hall–Kier alpha value is -0.0400. The van der Waals surface area contributed by atoms with Gasteiger partial charge in [0.15, 0.2) is 0 Å². The molecule has 0 radical (unpaired) electrons. The van der Waals surface area contributed by atoms with Gasteiger partial charge in [0.1, 0.15) is 0 Å². The molecule has 1 unspecified atom stereocenters. The molecule has 0 saturated carbocycles. The molecule has 0 aromatic carbocycles. The quantitative estimate of drug-likeness (QED) is 0.642. The van der Waals surface area contributed by atoms with Gasteiger partial charge in [-0.05, 0) is 24.2 Å². The van der Waals surface area contributed by atoms with Crippen molar-refractivity contribution in [2.75, 3.05) is 6.61 Å². The first-order valence-corrected chi connectivity index (χ1v) is 4.15. The molecule has 0 aliphatic heterocycles. The molecule has 1 heteroatoms. The smallest absolute Gasteiger partial charge is 0.0484 e. The lowest BCUT2D eigenvalue weighted by Crippen LogP contribution is -2.22. The second-order valence-corrected chi connectivity index (χ2v) is 3.92. The summed E-state index contributed by atoms with van der Waals surface area (Å²) in [6.07, 6.45) is 2.20. The zero-order valence-corrected chi connectivity index (χ0v) is 7.65. The third kappa shape index (κ3) is 3.21. The summed E-state index contributed by atoms with van der Waals surface area (Å²) in [5, 5.41) is 9.03. The highest BCUT2D eigenvalue weighted by atomic mass is 16.3. The van der Waals surface area contributed by atoms with Crippen molar-refractivity contribution in [2.24, 2.45) is 11.3 Å². The highest BCUT2D eigenvalue weighted by Gasteiger charge is 2.21. The largest absolute Gasteiger partial charge is 0.396 e. The van der Waals surface area contributed by atoms with Crippen LogP contribution in [-0.4, -0.2) is 11.7 Å². The van der Waals surface area contributed by atoms with E-state index in [0.29, 0.717) is 12.5 Å². The van der Waals surface area contributed by atoms with Gasteiger partial charge in [0.05, 0.1) is 0 Å². The minimum absolute atomic E-state index is 0.161. The lowest BCUT2D eigenvalue weighted by atomic mass is 9.81. The van der Waals surface area contributed by atoms with Gasteiger partial charge in [-0.25, -0.2) is 0 Å². The first-order chi connectivity index (χ1) is 4.54. The monoisotopic (exact) mass is 144 g/mol. The van der Waals surface area contributed by atoms with Crippen molar-refractivity contribution >= 4 is 0 Å². The van der Waals surface area contributed by atoms with E-state index in [4.69, 9.17) is 5.11 Å². The van der Waals surface area contributed by atoms with Crippen molar-refractivity contribution in [3.05, 3.63) is 0 Å². The molecule has 0 aliphatic rings. The van der Waals surface area contributed by atoms with Crippen molar-refractivity contribution in [3.8, 4) is 0 Å². The van der Waals surface area contributed by atoms with Crippen LogP contribution in [-0.2, 0) is 0 Å². The zero-order valence-electron chi connectivity index (χ0n) is 7.65. The zero-order chi connectivity index (χ0) is 8.20. The van der Waals surface area contributed by atoms with Gasteiger partial charge in [0, 0.05) is 6.61 Å². The average Bonchev–Trinajstić information content (AvgIpc) is 1.87. The average molecular weight is 144 g/mol. The van der Waals surface area contributed by atoms with Gasteiger partial charge in [0.2, 0.25) is 0 Å². The van der Waals surface area contributed by atoms with Gasteiger partial charge in [-0.2, -0.15) is 0 Å². The van der Waals surface area contributed by atoms with E-state index < -0.39 is 0 Å². The molecular weight excluding hydrogens is 124 g/mol. The highest BCUT2D eigenvalue weighted by molar-refractivity contribution is 4.72. The summed E-state index contributed by atoms with van der Waals surface area (Å²) in [6, 6.07) is 0. The first-order valence-electron chi connectivity index (χ1n) is 4.15. The molecule has 0 amide bonds. The molecule has 1 atom stereocenters. The van der Waals surface area contributed by atoms with E-state index in [1.54, 1.807) is 0 Å². The molecule has 0 spiro atoms. The maximum absolute atomic E-state index is 9.03. The summed E-state index contributed by atoms with van der Waals surface area (Å²) in [5.74, 6) is 0.692. The molecule has 0 bridgehead atoms. The maximum atomic E-state index is 9.03. The third-order valence-corrected chi connectivity index (χ3v) is 2.14. The number of rotatable bonds is 4. The molecule has 1 nitrogen and oxygen atoms in total. The van der Waals surface area contributed by atoms with Gasteiger partial charge in [-0.15, -0.1) is 0 Å². The van der Waals surface area contributed by atoms with Gasteiger partial charge in [-0.1, -0.05) is 27.7 Å². The third-order valence-electron chi connectivity index (χ3n) is 2.14. The van der Waals surface area contributed by atoms with Crippen LogP contribution in [0.25, 0.3) is 0 Å². The predicted molar refractivity (Wildman–Crippen MR) is 44.9 cm³/mol. The normalized spacial score (nSPS) is 17.4. The summed E-state index contributed by atoms with van der Waals surface area (Å²) >= 11 is 0. The van der Waals surface area contributed by atoms with E-state index in [1.165, 1.54) is 0 Å². The van der Waals surface area contributed by atoms with Crippen LogP contribution < -0.4 is 0 Å². The summed E-state index contributed by atoms with van der Waals surface area (Å²) in [5.41, 5.74) is 0.161. The van der Waals surface area contributed by atoms with Crippen molar-refractivity contribution in [1.29, 1.82) is 0 Å². The van der Waals surface area contributed by atoms with Gasteiger partial charge in [-0.3, -0.25) is 0 Å². The molecule has 0 aromatic rings. The second kappa shape index (κ2) is 3.97. The van der Waals surface area contributed by atoms with Crippen LogP contribution in [0.2, 0.25) is 0 Å². The van der Waals surface area contributed by atoms with Crippen molar-refractivity contribution in [1.82, 2.24) is 0 Å². The highest BCUT2D eigenvalue weighted by Crippen LogP contribution is 2.28. The fourth-order valence-corrected chi connectivity index (χ4v) is 1.31. The fraction of sp³-hybridized carbons (Fsp3) is 1.00. The number of aliphatic hydroxyl groups is 1. The lowest BCUT2D eigenvalue weighted by Gasteiger charge is -2.27. The minimum Gasteiger partial charge on any atom is -0.396 e. The Kier molecular flexibility index (Phi) is 3.95. The number of hydrogen-bond donors (Lipinski definition) is 1. The Morgan fingerprint density at radius 1 is 1.40 bits per heavy atom. The molecule has 0 aromatic heterocycles. The first kappa shape index (κ1) is 9.96. The lowest BCUT2D eigenvalue weighted by molar-refractivity contribution is 0.114. The van der Waals surface area contributed by atoms with E-state index in [0.717, 1.165) is 12.8 Å². The summed E-state index contributed by atoms with van der Waals surface area (Å²) < 4.78 is 0. The summed E-state index contributed by atoms with van der Waals surface area (Å²) in [7, 11) is 0. The van der Waals surface area contributed by atoms with Crippen molar-refractivity contribution < 1.29 is 5.11 Å². The van der Waals surface area contributed by atoms with Gasteiger partial charge >= 0.3 is 0 Å². The van der Waals surface area contributed by atoms with E-state index in [2.05, 4.69) is 27.7 Å². The molecule has 0 saturated heterocycles. The van der Waals surface area contributed by atoms with E-state index in [-0.39, 0.29) is 5.41 Å². The molecule has 1 N–H and O–H groups in total. The summed E-state index contributed by atoms with van der Waals surface area (Å²) in [6.45, 7) is 9.00. The number of aliphatic hydroxyl groups excluding tert-OH is 1. The van der Waals surface area contributed by atoms with Crippen LogP contribution in [0.4, 0.5) is 0 Å².